The van der Waals surface area contributed by atoms with E-state index in [1.165, 1.54) is 10.9 Å². The fraction of sp³-hybridized carbons (Fsp3) is 0. The maximum atomic E-state index is 15.7. The van der Waals surface area contributed by atoms with Gasteiger partial charge in [0.2, 0.25) is 0 Å². The van der Waals surface area contributed by atoms with Gasteiger partial charge in [-0.05, 0) is 52.3 Å². The highest BCUT2D eigenvalue weighted by Crippen LogP contribution is 2.41. The Kier molecular flexibility index (Phi) is 4.16. The van der Waals surface area contributed by atoms with Gasteiger partial charge >= 0.3 is 0 Å². The molecule has 0 aliphatic carbocycles. The van der Waals surface area contributed by atoms with Crippen LogP contribution >= 0.6 is 0 Å². The molecule has 2 aromatic heterocycles. The Balaban J connectivity index is 1.48. The molecule has 0 bridgehead atoms. The van der Waals surface area contributed by atoms with Gasteiger partial charge in [0.1, 0.15) is 11.6 Å². The Morgan fingerprint density at radius 2 is 1.14 bits per heavy atom. The standard InChI is InChI=1S/C37H18BF2N3/c39-22-15-21(19-41)34(29(40)18-22)20-16-32-35-33(17-20)43-31-14-4-2-8-24(31)26-10-6-12-28(37(26)43)38(35)27-11-5-9-25-23-7-1-3-13-30(23)42(32)36(25)27/h1-18H. The van der Waals surface area contributed by atoms with Gasteiger partial charge in [0.15, 0.2) is 0 Å². The van der Waals surface area contributed by atoms with Crippen molar-refractivity contribution in [3.63, 3.8) is 0 Å². The van der Waals surface area contributed by atoms with Gasteiger partial charge in [0.05, 0.1) is 22.7 Å². The summed E-state index contributed by atoms with van der Waals surface area (Å²) in [6, 6.07) is 37.8. The summed E-state index contributed by atoms with van der Waals surface area (Å²) in [5, 5.41) is 14.6. The molecule has 43 heavy (non-hydrogen) atoms. The van der Waals surface area contributed by atoms with Crippen molar-refractivity contribution in [2.75, 3.05) is 0 Å². The summed E-state index contributed by atoms with van der Waals surface area (Å²) in [5.41, 5.74) is 10.5. The van der Waals surface area contributed by atoms with Crippen LogP contribution in [-0.4, -0.2) is 15.8 Å². The molecule has 0 fully saturated rings. The van der Waals surface area contributed by atoms with Crippen LogP contribution < -0.4 is 16.4 Å². The highest BCUT2D eigenvalue weighted by molar-refractivity contribution is 7.00. The number of hydrogen-bond donors (Lipinski definition) is 0. The van der Waals surface area contributed by atoms with Crippen molar-refractivity contribution in [1.29, 1.82) is 5.26 Å². The molecule has 4 heterocycles. The SMILES string of the molecule is N#Cc1cc(F)cc(F)c1-c1cc2c3c(c1)-n1c4ccccc4c4cccc(c41)B3c1cccc3c4ccccc4n-2c13. The number of rotatable bonds is 1. The largest absolute Gasteiger partial charge is 0.310 e. The van der Waals surface area contributed by atoms with E-state index in [1.54, 1.807) is 0 Å². The topological polar surface area (TPSA) is 33.6 Å². The van der Waals surface area contributed by atoms with Gasteiger partial charge in [-0.15, -0.1) is 0 Å². The number of aromatic nitrogens is 2. The lowest BCUT2D eigenvalue weighted by molar-refractivity contribution is 0.585. The quantitative estimate of drug-likeness (QED) is 0.205. The Hall–Kier alpha value is -5.67. The van der Waals surface area contributed by atoms with E-state index >= 15 is 4.39 Å². The molecule has 2 aliphatic rings. The van der Waals surface area contributed by atoms with Crippen LogP contribution in [0.3, 0.4) is 0 Å². The van der Waals surface area contributed by atoms with Gasteiger partial charge in [-0.25, -0.2) is 8.78 Å². The van der Waals surface area contributed by atoms with Crippen LogP contribution in [0.2, 0.25) is 0 Å². The number of benzene rings is 6. The van der Waals surface area contributed by atoms with E-state index in [0.717, 1.165) is 72.6 Å². The highest BCUT2D eigenvalue weighted by atomic mass is 19.1. The summed E-state index contributed by atoms with van der Waals surface area (Å²) >= 11 is 0. The average molecular weight is 553 g/mol. The number of hydrogen-bond acceptors (Lipinski definition) is 1. The monoisotopic (exact) mass is 553 g/mol. The van der Waals surface area contributed by atoms with Crippen LogP contribution in [-0.2, 0) is 0 Å². The van der Waals surface area contributed by atoms with Crippen LogP contribution in [0.25, 0.3) is 66.1 Å². The van der Waals surface area contributed by atoms with Gasteiger partial charge in [0.25, 0.3) is 6.71 Å². The van der Waals surface area contributed by atoms with Crippen molar-refractivity contribution in [2.45, 2.75) is 0 Å². The Labute approximate surface area is 244 Å². The zero-order valence-electron chi connectivity index (χ0n) is 22.6. The molecule has 198 valence electrons. The predicted octanol–water partition coefficient (Wildman–Crippen LogP) is 6.84. The first kappa shape index (κ1) is 23.0. The zero-order chi connectivity index (χ0) is 28.6. The Morgan fingerprint density at radius 1 is 0.605 bits per heavy atom. The van der Waals surface area contributed by atoms with E-state index in [4.69, 9.17) is 0 Å². The lowest BCUT2D eigenvalue weighted by Crippen LogP contribution is -2.59. The van der Waals surface area contributed by atoms with Crippen molar-refractivity contribution in [3.8, 4) is 28.6 Å². The first-order valence-corrected chi connectivity index (χ1v) is 14.3. The summed E-state index contributed by atoms with van der Waals surface area (Å²) in [6.45, 7) is -0.0476. The summed E-state index contributed by atoms with van der Waals surface area (Å²) in [6.07, 6.45) is 0. The molecule has 6 aromatic carbocycles. The van der Waals surface area contributed by atoms with E-state index in [1.807, 2.05) is 30.3 Å². The molecule has 0 spiro atoms. The molecule has 0 unspecified atom stereocenters. The molecule has 0 saturated heterocycles. The molecule has 3 nitrogen and oxygen atoms in total. The Morgan fingerprint density at radius 3 is 1.70 bits per heavy atom. The molecule has 2 aliphatic heterocycles. The predicted molar refractivity (Wildman–Crippen MR) is 170 cm³/mol. The zero-order valence-corrected chi connectivity index (χ0v) is 22.6. The second-order valence-electron chi connectivity index (χ2n) is 11.5. The van der Waals surface area contributed by atoms with E-state index in [2.05, 4.69) is 81.9 Å². The average Bonchev–Trinajstić information content (AvgIpc) is 3.55. The highest BCUT2D eigenvalue weighted by Gasteiger charge is 2.41. The lowest BCUT2D eigenvalue weighted by Gasteiger charge is -2.34. The second kappa shape index (κ2) is 7.79. The minimum Gasteiger partial charge on any atom is -0.310 e. The molecular formula is C37H18BF2N3. The van der Waals surface area contributed by atoms with E-state index < -0.39 is 11.6 Å². The van der Waals surface area contributed by atoms with Crippen molar-refractivity contribution < 1.29 is 8.78 Å². The van der Waals surface area contributed by atoms with Crippen LogP contribution in [0.1, 0.15) is 5.56 Å². The number of fused-ring (bicyclic) bond motifs is 10. The molecule has 0 amide bonds. The third-order valence-corrected chi connectivity index (χ3v) is 9.44. The fourth-order valence-corrected chi connectivity index (χ4v) is 7.92. The van der Waals surface area contributed by atoms with Gasteiger partial charge in [-0.1, -0.05) is 72.8 Å². The van der Waals surface area contributed by atoms with Crippen LogP contribution in [0.4, 0.5) is 8.78 Å². The number of nitriles is 1. The molecule has 0 N–H and O–H groups in total. The van der Waals surface area contributed by atoms with Crippen LogP contribution in [0, 0.1) is 23.0 Å². The first-order chi connectivity index (χ1) is 21.1. The maximum Gasteiger partial charge on any atom is 0.252 e. The minimum atomic E-state index is -0.767. The first-order valence-electron chi connectivity index (χ1n) is 14.3. The van der Waals surface area contributed by atoms with Crippen LogP contribution in [0.15, 0.2) is 109 Å². The van der Waals surface area contributed by atoms with Crippen LogP contribution in [0.5, 0.6) is 0 Å². The summed E-state index contributed by atoms with van der Waals surface area (Å²) < 4.78 is 34.5. The molecule has 0 atom stereocenters. The molecule has 0 saturated carbocycles. The van der Waals surface area contributed by atoms with Gasteiger partial charge in [-0.2, -0.15) is 5.26 Å². The third kappa shape index (κ3) is 2.68. The third-order valence-electron chi connectivity index (χ3n) is 9.44. The van der Waals surface area contributed by atoms with Gasteiger partial charge in [0, 0.05) is 55.6 Å². The summed E-state index contributed by atoms with van der Waals surface area (Å²) in [7, 11) is 0. The van der Waals surface area contributed by atoms with E-state index in [-0.39, 0.29) is 17.8 Å². The van der Waals surface area contributed by atoms with Crippen molar-refractivity contribution in [3.05, 3.63) is 126 Å². The van der Waals surface area contributed by atoms with Gasteiger partial charge < -0.3 is 9.13 Å². The van der Waals surface area contributed by atoms with E-state index in [9.17, 15) is 9.65 Å². The molecular weight excluding hydrogens is 535 g/mol. The number of nitrogens with zero attached hydrogens (tertiary/aromatic N) is 3. The fourth-order valence-electron chi connectivity index (χ4n) is 7.92. The van der Waals surface area contributed by atoms with Crippen molar-refractivity contribution >= 4 is 66.7 Å². The maximum absolute atomic E-state index is 15.7. The molecule has 10 rings (SSSR count). The molecule has 0 radical (unpaired) electrons. The van der Waals surface area contributed by atoms with E-state index in [0.29, 0.717) is 5.56 Å². The summed E-state index contributed by atoms with van der Waals surface area (Å²) in [5.74, 6) is -1.52. The Bertz CT molecular complexity index is 2480. The smallest absolute Gasteiger partial charge is 0.252 e. The molecule has 6 heteroatoms. The number of para-hydroxylation sites is 4. The van der Waals surface area contributed by atoms with Crippen molar-refractivity contribution in [1.82, 2.24) is 9.13 Å². The normalized spacial score (nSPS) is 12.8. The van der Waals surface area contributed by atoms with Gasteiger partial charge in [-0.3, -0.25) is 0 Å². The minimum absolute atomic E-state index is 0.0290. The summed E-state index contributed by atoms with van der Waals surface area (Å²) in [4.78, 5) is 0. The van der Waals surface area contributed by atoms with Crippen molar-refractivity contribution in [2.24, 2.45) is 0 Å². The lowest BCUT2D eigenvalue weighted by atomic mass is 9.34. The number of halogens is 2. The second-order valence-corrected chi connectivity index (χ2v) is 11.5. The molecule has 8 aromatic rings.